The number of carbonyl (C=O) groups excluding carboxylic acids is 1. The average Bonchev–Trinajstić information content (AvgIpc) is 3.14. The number of thiophene rings is 1. The largest absolute Gasteiger partial charge is 0.377 e. The highest BCUT2D eigenvalue weighted by Gasteiger charge is 2.23. The number of methoxy groups -OCH3 is 1. The number of rotatable bonds is 7. The van der Waals surface area contributed by atoms with Crippen LogP contribution in [0.15, 0.2) is 35.7 Å². The number of fused-ring (bicyclic) bond motifs is 1. The Morgan fingerprint density at radius 1 is 1.28 bits per heavy atom. The number of nitrogens with one attached hydrogen (secondary N) is 1. The van der Waals surface area contributed by atoms with E-state index in [-0.39, 0.29) is 11.9 Å². The number of piperidine rings is 1. The lowest BCUT2D eigenvalue weighted by molar-refractivity contribution is -0.119. The molecule has 2 aromatic heterocycles. The maximum Gasteiger partial charge on any atom is 0.231 e. The van der Waals surface area contributed by atoms with Gasteiger partial charge in [-0.1, -0.05) is 30.3 Å². The predicted octanol–water partition coefficient (Wildman–Crippen LogP) is 2.87. The summed E-state index contributed by atoms with van der Waals surface area (Å²) in [5, 5.41) is 6.85. The molecule has 3 aromatic rings. The number of likely N-dealkylation sites (tertiary alicyclic amines) is 1. The fourth-order valence-corrected chi connectivity index (χ4v) is 4.73. The van der Waals surface area contributed by atoms with Gasteiger partial charge < -0.3 is 15.8 Å². The van der Waals surface area contributed by atoms with Crippen LogP contribution in [0.2, 0.25) is 0 Å². The number of aromatic nitrogens is 2. The van der Waals surface area contributed by atoms with Crippen LogP contribution in [0, 0.1) is 0 Å². The Bertz CT molecular complexity index is 983. The third-order valence-corrected chi connectivity index (χ3v) is 6.02. The van der Waals surface area contributed by atoms with Crippen LogP contribution in [0.1, 0.15) is 18.7 Å². The molecule has 8 heteroatoms. The van der Waals surface area contributed by atoms with Crippen molar-refractivity contribution in [3.63, 3.8) is 0 Å². The molecule has 0 unspecified atom stereocenters. The van der Waals surface area contributed by atoms with Crippen LogP contribution in [-0.2, 0) is 16.1 Å². The normalized spacial score (nSPS) is 15.6. The van der Waals surface area contributed by atoms with Gasteiger partial charge in [0.1, 0.15) is 17.3 Å². The standard InChI is InChI=1S/C21H25N5O2S/c1-28-12-18-24-20(23-15-7-9-26(10-8-15)11-17(22)27)19-16(13-29-21(19)25-18)14-5-3-2-4-6-14/h2-6,13,15H,7-12H2,1H3,(H2,22,27)(H,23,24,25). The number of nitrogens with two attached hydrogens (primary N) is 1. The summed E-state index contributed by atoms with van der Waals surface area (Å²) in [5.41, 5.74) is 7.62. The van der Waals surface area contributed by atoms with E-state index in [1.165, 1.54) is 0 Å². The molecule has 0 saturated carbocycles. The van der Waals surface area contributed by atoms with Crippen LogP contribution in [0.5, 0.6) is 0 Å². The molecule has 0 aliphatic carbocycles. The van der Waals surface area contributed by atoms with Crippen molar-refractivity contribution < 1.29 is 9.53 Å². The van der Waals surface area contributed by atoms with E-state index >= 15 is 0 Å². The van der Waals surface area contributed by atoms with Gasteiger partial charge in [-0.25, -0.2) is 9.97 Å². The van der Waals surface area contributed by atoms with E-state index in [1.54, 1.807) is 18.4 Å². The molecule has 1 amide bonds. The molecule has 3 N–H and O–H groups in total. The fraction of sp³-hybridized carbons (Fsp3) is 0.381. The van der Waals surface area contributed by atoms with Crippen LogP contribution < -0.4 is 11.1 Å². The van der Waals surface area contributed by atoms with Crippen molar-refractivity contribution in [2.45, 2.75) is 25.5 Å². The number of benzene rings is 1. The molecule has 1 aromatic carbocycles. The van der Waals surface area contributed by atoms with Crippen molar-refractivity contribution in [2.75, 3.05) is 32.1 Å². The third-order valence-electron chi connectivity index (χ3n) is 5.15. The maximum atomic E-state index is 11.2. The Hall–Kier alpha value is -2.55. The molecule has 7 nitrogen and oxygen atoms in total. The number of nitrogens with zero attached hydrogens (tertiary/aromatic N) is 3. The first-order valence-electron chi connectivity index (χ1n) is 9.73. The van der Waals surface area contributed by atoms with Crippen molar-refractivity contribution in [3.8, 4) is 11.1 Å². The molecule has 29 heavy (non-hydrogen) atoms. The van der Waals surface area contributed by atoms with Crippen LogP contribution in [-0.4, -0.2) is 53.6 Å². The number of carbonyl (C=O) groups is 1. The molecule has 0 atom stereocenters. The first-order valence-corrected chi connectivity index (χ1v) is 10.6. The molecule has 1 aliphatic heterocycles. The molecule has 0 bridgehead atoms. The van der Waals surface area contributed by atoms with Crippen molar-refractivity contribution in [1.29, 1.82) is 0 Å². The van der Waals surface area contributed by atoms with Crippen LogP contribution in [0.3, 0.4) is 0 Å². The predicted molar refractivity (Wildman–Crippen MR) is 116 cm³/mol. The molecule has 1 fully saturated rings. The molecular formula is C21H25N5O2S. The zero-order chi connectivity index (χ0) is 20.2. The zero-order valence-corrected chi connectivity index (χ0v) is 17.2. The van der Waals surface area contributed by atoms with E-state index in [1.807, 2.05) is 18.2 Å². The lowest BCUT2D eigenvalue weighted by atomic mass is 10.0. The van der Waals surface area contributed by atoms with E-state index < -0.39 is 0 Å². The topological polar surface area (TPSA) is 93.4 Å². The Balaban J connectivity index is 1.63. The smallest absolute Gasteiger partial charge is 0.231 e. The molecule has 0 radical (unpaired) electrons. The van der Waals surface area contributed by atoms with E-state index in [2.05, 4.69) is 27.7 Å². The number of ether oxygens (including phenoxy) is 1. The van der Waals surface area contributed by atoms with E-state index in [9.17, 15) is 4.79 Å². The number of hydrogen-bond donors (Lipinski definition) is 2. The molecule has 3 heterocycles. The van der Waals surface area contributed by atoms with Gasteiger partial charge in [0.25, 0.3) is 0 Å². The lowest BCUT2D eigenvalue weighted by Gasteiger charge is -2.32. The lowest BCUT2D eigenvalue weighted by Crippen LogP contribution is -2.43. The van der Waals surface area contributed by atoms with Crippen LogP contribution in [0.25, 0.3) is 21.3 Å². The molecule has 4 rings (SSSR count). The van der Waals surface area contributed by atoms with Crippen LogP contribution >= 0.6 is 11.3 Å². The highest BCUT2D eigenvalue weighted by molar-refractivity contribution is 7.17. The van der Waals surface area contributed by atoms with Crippen molar-refractivity contribution in [1.82, 2.24) is 14.9 Å². The zero-order valence-electron chi connectivity index (χ0n) is 16.4. The molecular weight excluding hydrogens is 386 g/mol. The van der Waals surface area contributed by atoms with Gasteiger partial charge in [0, 0.05) is 37.2 Å². The number of amides is 1. The van der Waals surface area contributed by atoms with Gasteiger partial charge in [-0.05, 0) is 18.4 Å². The summed E-state index contributed by atoms with van der Waals surface area (Å²) in [6, 6.07) is 10.6. The summed E-state index contributed by atoms with van der Waals surface area (Å²) in [7, 11) is 1.65. The molecule has 1 aliphatic rings. The van der Waals surface area contributed by atoms with Gasteiger partial charge in [0.2, 0.25) is 5.91 Å². The van der Waals surface area contributed by atoms with Crippen LogP contribution in [0.4, 0.5) is 5.82 Å². The van der Waals surface area contributed by atoms with Crippen molar-refractivity contribution in [3.05, 3.63) is 41.5 Å². The molecule has 0 spiro atoms. The monoisotopic (exact) mass is 411 g/mol. The number of anilines is 1. The van der Waals surface area contributed by atoms with Gasteiger partial charge in [-0.3, -0.25) is 9.69 Å². The summed E-state index contributed by atoms with van der Waals surface area (Å²) in [6.07, 6.45) is 1.87. The minimum Gasteiger partial charge on any atom is -0.377 e. The van der Waals surface area contributed by atoms with Gasteiger partial charge in [-0.2, -0.15) is 0 Å². The Morgan fingerprint density at radius 3 is 2.72 bits per heavy atom. The Labute approximate surface area is 173 Å². The second kappa shape index (κ2) is 8.86. The number of hydrogen-bond acceptors (Lipinski definition) is 7. The molecule has 1 saturated heterocycles. The molecule has 152 valence electrons. The quantitative estimate of drug-likeness (QED) is 0.621. The fourth-order valence-electron chi connectivity index (χ4n) is 3.76. The van der Waals surface area contributed by atoms with Gasteiger partial charge >= 0.3 is 0 Å². The van der Waals surface area contributed by atoms with Gasteiger partial charge in [-0.15, -0.1) is 11.3 Å². The van der Waals surface area contributed by atoms with Crippen molar-refractivity contribution in [2.24, 2.45) is 5.73 Å². The second-order valence-electron chi connectivity index (χ2n) is 7.28. The summed E-state index contributed by atoms with van der Waals surface area (Å²) >= 11 is 1.63. The Morgan fingerprint density at radius 2 is 2.03 bits per heavy atom. The minimum atomic E-state index is -0.274. The maximum absolute atomic E-state index is 11.2. The first-order chi connectivity index (χ1) is 14.1. The third kappa shape index (κ3) is 4.55. The Kier molecular flexibility index (Phi) is 6.03. The van der Waals surface area contributed by atoms with E-state index in [4.69, 9.17) is 20.4 Å². The average molecular weight is 412 g/mol. The highest BCUT2D eigenvalue weighted by Crippen LogP contribution is 2.37. The minimum absolute atomic E-state index is 0.274. The summed E-state index contributed by atoms with van der Waals surface area (Å²) < 4.78 is 5.27. The highest BCUT2D eigenvalue weighted by atomic mass is 32.1. The van der Waals surface area contributed by atoms with Crippen molar-refractivity contribution >= 4 is 33.3 Å². The first kappa shape index (κ1) is 19.8. The van der Waals surface area contributed by atoms with E-state index in [0.717, 1.165) is 53.1 Å². The van der Waals surface area contributed by atoms with Gasteiger partial charge in [0.05, 0.1) is 11.9 Å². The van der Waals surface area contributed by atoms with E-state index in [0.29, 0.717) is 19.0 Å². The summed E-state index contributed by atoms with van der Waals surface area (Å²) in [4.78, 5) is 23.7. The summed E-state index contributed by atoms with van der Waals surface area (Å²) in [5.74, 6) is 1.26. The second-order valence-corrected chi connectivity index (χ2v) is 8.14. The summed E-state index contributed by atoms with van der Waals surface area (Å²) in [6.45, 7) is 2.38. The number of primary amides is 1. The van der Waals surface area contributed by atoms with Gasteiger partial charge in [0.15, 0.2) is 5.82 Å². The SMILES string of the molecule is COCc1nc(NC2CCN(CC(N)=O)CC2)c2c(-c3ccccc3)csc2n1.